The number of piperidine rings is 1. The van der Waals surface area contributed by atoms with Crippen molar-refractivity contribution in [1.82, 2.24) is 20.4 Å². The largest absolute Gasteiger partial charge is 0.470 e. The van der Waals surface area contributed by atoms with Crippen molar-refractivity contribution in [2.75, 3.05) is 19.6 Å². The Morgan fingerprint density at radius 2 is 2.04 bits per heavy atom. The maximum absolute atomic E-state index is 12.6. The molecule has 6 nitrogen and oxygen atoms in total. The Kier molecular flexibility index (Phi) is 5.98. The molecule has 9 heteroatoms. The van der Waals surface area contributed by atoms with Crippen LogP contribution in [0.4, 0.5) is 18.0 Å². The van der Waals surface area contributed by atoms with Crippen LogP contribution < -0.4 is 5.32 Å². The minimum atomic E-state index is -4.66. The third-order valence-corrected chi connectivity index (χ3v) is 4.50. The number of carbonyl (C=O) groups is 1. The minimum Gasteiger partial charge on any atom is -0.417 e. The Labute approximate surface area is 154 Å². The van der Waals surface area contributed by atoms with Crippen LogP contribution in [0.25, 0.3) is 0 Å². The first-order chi connectivity index (χ1) is 12.9. The molecule has 1 aliphatic rings. The summed E-state index contributed by atoms with van der Waals surface area (Å²) in [6.07, 6.45) is -1.70. The molecule has 0 radical (unpaired) electrons. The second-order valence-corrected chi connectivity index (χ2v) is 6.55. The van der Waals surface area contributed by atoms with E-state index in [9.17, 15) is 18.0 Å². The second-order valence-electron chi connectivity index (χ2n) is 6.55. The van der Waals surface area contributed by atoms with Crippen LogP contribution in [-0.2, 0) is 12.6 Å². The normalized spacial score (nSPS) is 17.7. The van der Waals surface area contributed by atoms with Crippen LogP contribution in [0.1, 0.15) is 42.5 Å². The van der Waals surface area contributed by atoms with Crippen LogP contribution in [-0.4, -0.2) is 40.8 Å². The van der Waals surface area contributed by atoms with Gasteiger partial charge in [-0.05, 0) is 31.2 Å². The Bertz CT molecular complexity index is 749. The van der Waals surface area contributed by atoms with Crippen molar-refractivity contribution in [3.05, 3.63) is 47.7 Å². The number of urea groups is 1. The molecule has 2 amide bonds. The molecule has 2 heterocycles. The van der Waals surface area contributed by atoms with Crippen LogP contribution in [0.15, 0.2) is 34.7 Å². The molecule has 146 valence electrons. The van der Waals surface area contributed by atoms with Gasteiger partial charge in [0.2, 0.25) is 5.89 Å². The van der Waals surface area contributed by atoms with Crippen LogP contribution in [0.5, 0.6) is 0 Å². The number of amides is 2. The number of aryl methyl sites for hydroxylation is 1. The molecule has 27 heavy (non-hydrogen) atoms. The zero-order valence-corrected chi connectivity index (χ0v) is 14.7. The molecule has 1 aromatic heterocycles. The molecule has 0 bridgehead atoms. The number of nitrogens with zero attached hydrogens (tertiary/aromatic N) is 3. The van der Waals surface area contributed by atoms with Crippen LogP contribution in [0.3, 0.4) is 0 Å². The lowest BCUT2D eigenvalue weighted by Crippen LogP contribution is -2.45. The second kappa shape index (κ2) is 8.41. The number of halogens is 3. The molecule has 0 unspecified atom stereocenters. The topological polar surface area (TPSA) is 71.3 Å². The fourth-order valence-electron chi connectivity index (χ4n) is 3.12. The van der Waals surface area contributed by atoms with E-state index in [1.165, 1.54) is 5.56 Å². The van der Waals surface area contributed by atoms with Crippen molar-refractivity contribution in [1.29, 1.82) is 0 Å². The first-order valence-electron chi connectivity index (χ1n) is 8.91. The summed E-state index contributed by atoms with van der Waals surface area (Å²) in [5, 5.41) is 9.44. The van der Waals surface area contributed by atoms with Gasteiger partial charge in [-0.3, -0.25) is 0 Å². The molecule has 0 spiro atoms. The lowest BCUT2D eigenvalue weighted by atomic mass is 9.98. The lowest BCUT2D eigenvalue weighted by Gasteiger charge is -2.31. The highest BCUT2D eigenvalue weighted by molar-refractivity contribution is 5.74. The minimum absolute atomic E-state index is 0.0658. The lowest BCUT2D eigenvalue weighted by molar-refractivity contribution is -0.157. The number of rotatable bonds is 5. The molecule has 1 aromatic carbocycles. The summed E-state index contributed by atoms with van der Waals surface area (Å²) in [6.45, 7) is 1.36. The smallest absolute Gasteiger partial charge is 0.417 e. The average molecular weight is 382 g/mol. The third kappa shape index (κ3) is 5.21. The maximum atomic E-state index is 12.6. The van der Waals surface area contributed by atoms with Crippen molar-refractivity contribution in [3.63, 3.8) is 0 Å². The Morgan fingerprint density at radius 1 is 1.26 bits per heavy atom. The van der Waals surface area contributed by atoms with E-state index in [1.54, 1.807) is 4.90 Å². The third-order valence-electron chi connectivity index (χ3n) is 4.50. The summed E-state index contributed by atoms with van der Waals surface area (Å²) in [5.41, 5.74) is 1.21. The number of nitrogens with one attached hydrogen (secondary N) is 1. The first kappa shape index (κ1) is 19.2. The van der Waals surface area contributed by atoms with Crippen LogP contribution in [0, 0.1) is 0 Å². The number of carbonyl (C=O) groups excluding carboxylic acids is 1. The molecule has 1 aliphatic heterocycles. The zero-order chi connectivity index (χ0) is 19.3. The molecular formula is C18H21F3N4O2. The average Bonchev–Trinajstić information content (AvgIpc) is 3.17. The van der Waals surface area contributed by atoms with E-state index in [1.807, 2.05) is 30.3 Å². The molecule has 1 saturated heterocycles. The van der Waals surface area contributed by atoms with Crippen molar-refractivity contribution >= 4 is 6.03 Å². The summed E-state index contributed by atoms with van der Waals surface area (Å²) in [5.74, 6) is -1.79. The summed E-state index contributed by atoms with van der Waals surface area (Å²) < 4.78 is 42.6. The van der Waals surface area contributed by atoms with E-state index in [0.717, 1.165) is 12.8 Å². The van der Waals surface area contributed by atoms with E-state index >= 15 is 0 Å². The van der Waals surface area contributed by atoms with Gasteiger partial charge in [-0.15, -0.1) is 10.2 Å². The van der Waals surface area contributed by atoms with E-state index in [2.05, 4.69) is 15.5 Å². The van der Waals surface area contributed by atoms with Crippen molar-refractivity contribution in [2.45, 2.75) is 37.8 Å². The number of hydrogen-bond acceptors (Lipinski definition) is 4. The number of likely N-dealkylation sites (tertiary alicyclic amines) is 1. The molecule has 1 fully saturated rings. The quantitative estimate of drug-likeness (QED) is 0.802. The summed E-state index contributed by atoms with van der Waals surface area (Å²) in [7, 11) is 0. The summed E-state index contributed by atoms with van der Waals surface area (Å²) in [6, 6.07) is 9.77. The maximum Gasteiger partial charge on any atom is 0.470 e. The monoisotopic (exact) mass is 382 g/mol. The van der Waals surface area contributed by atoms with Gasteiger partial charge in [0.1, 0.15) is 0 Å². The Morgan fingerprint density at radius 3 is 2.74 bits per heavy atom. The molecular weight excluding hydrogens is 361 g/mol. The van der Waals surface area contributed by atoms with E-state index < -0.39 is 12.1 Å². The molecule has 1 N–H and O–H groups in total. The van der Waals surface area contributed by atoms with Gasteiger partial charge in [0.15, 0.2) is 0 Å². The number of alkyl halides is 3. The van der Waals surface area contributed by atoms with Gasteiger partial charge in [0.05, 0.1) is 5.92 Å². The standard InChI is InChI=1S/C18H21F3N4O2/c19-18(20,21)16-24-23-15(27-16)14-9-5-11-25(12-14)17(26)22-10-4-8-13-6-2-1-3-7-13/h1-3,6-7,14H,4-5,8-12H2,(H,22,26)/t14-/m0/s1. The summed E-state index contributed by atoms with van der Waals surface area (Å²) >= 11 is 0. The van der Waals surface area contributed by atoms with E-state index in [0.29, 0.717) is 25.9 Å². The van der Waals surface area contributed by atoms with Crippen molar-refractivity contribution < 1.29 is 22.4 Å². The van der Waals surface area contributed by atoms with Gasteiger partial charge in [0.25, 0.3) is 0 Å². The highest BCUT2D eigenvalue weighted by Crippen LogP contribution is 2.31. The Hall–Kier alpha value is -2.58. The van der Waals surface area contributed by atoms with Gasteiger partial charge >= 0.3 is 18.1 Å². The number of benzene rings is 1. The summed E-state index contributed by atoms with van der Waals surface area (Å²) in [4.78, 5) is 13.9. The van der Waals surface area contributed by atoms with Crippen molar-refractivity contribution in [2.24, 2.45) is 0 Å². The van der Waals surface area contributed by atoms with Gasteiger partial charge in [-0.2, -0.15) is 13.2 Å². The fourth-order valence-corrected chi connectivity index (χ4v) is 3.12. The van der Waals surface area contributed by atoms with Crippen LogP contribution in [0.2, 0.25) is 0 Å². The fraction of sp³-hybridized carbons (Fsp3) is 0.500. The van der Waals surface area contributed by atoms with E-state index in [-0.39, 0.29) is 24.4 Å². The van der Waals surface area contributed by atoms with Gasteiger partial charge in [-0.25, -0.2) is 4.79 Å². The van der Waals surface area contributed by atoms with Gasteiger partial charge in [-0.1, -0.05) is 30.3 Å². The van der Waals surface area contributed by atoms with Crippen LogP contribution >= 0.6 is 0 Å². The highest BCUT2D eigenvalue weighted by atomic mass is 19.4. The van der Waals surface area contributed by atoms with Crippen molar-refractivity contribution in [3.8, 4) is 0 Å². The number of aromatic nitrogens is 2. The highest BCUT2D eigenvalue weighted by Gasteiger charge is 2.39. The molecule has 2 aromatic rings. The SMILES string of the molecule is O=C(NCCCc1ccccc1)N1CCC[C@H](c2nnc(C(F)(F)F)o2)C1. The molecule has 0 aliphatic carbocycles. The Balaban J connectivity index is 1.47. The molecule has 1 atom stereocenters. The van der Waals surface area contributed by atoms with E-state index in [4.69, 9.17) is 4.42 Å². The van der Waals surface area contributed by atoms with Gasteiger partial charge < -0.3 is 14.6 Å². The molecule has 0 saturated carbocycles. The zero-order valence-electron chi connectivity index (χ0n) is 14.7. The van der Waals surface area contributed by atoms with Gasteiger partial charge in [0, 0.05) is 19.6 Å². The first-order valence-corrected chi connectivity index (χ1v) is 8.91. The predicted molar refractivity (Wildman–Crippen MR) is 91.0 cm³/mol. The molecule has 3 rings (SSSR count). The predicted octanol–water partition coefficient (Wildman–Crippen LogP) is 3.61. The number of hydrogen-bond donors (Lipinski definition) is 1.